The maximum absolute atomic E-state index is 10.00. The van der Waals surface area contributed by atoms with Crippen LogP contribution in [0.15, 0.2) is 0 Å². The molecular formula is C12H22O11. The zero-order valence-corrected chi connectivity index (χ0v) is 12.0. The van der Waals surface area contributed by atoms with Gasteiger partial charge in [-0.25, -0.2) is 0 Å². The van der Waals surface area contributed by atoms with Gasteiger partial charge in [-0.15, -0.1) is 0 Å². The molecule has 2 saturated heterocycles. The Morgan fingerprint density at radius 2 is 1.48 bits per heavy atom. The van der Waals surface area contributed by atoms with Gasteiger partial charge in [-0.05, 0) is 0 Å². The van der Waals surface area contributed by atoms with E-state index in [9.17, 15) is 30.6 Å². The molecule has 11 nitrogen and oxygen atoms in total. The van der Waals surface area contributed by atoms with Gasteiger partial charge in [-0.2, -0.15) is 0 Å². The van der Waals surface area contributed by atoms with Crippen LogP contribution in [0.4, 0.5) is 0 Å². The van der Waals surface area contributed by atoms with Crippen molar-refractivity contribution in [2.75, 3.05) is 19.8 Å². The predicted molar refractivity (Wildman–Crippen MR) is 68.6 cm³/mol. The minimum atomic E-state index is -2.37. The molecule has 0 aromatic heterocycles. The number of hydrogen-bond acceptors (Lipinski definition) is 11. The van der Waals surface area contributed by atoms with Crippen molar-refractivity contribution in [1.82, 2.24) is 0 Å². The van der Waals surface area contributed by atoms with E-state index in [1.165, 1.54) is 0 Å². The van der Waals surface area contributed by atoms with Crippen LogP contribution in [0.5, 0.6) is 0 Å². The minimum Gasteiger partial charge on any atom is -0.394 e. The zero-order valence-electron chi connectivity index (χ0n) is 12.0. The van der Waals surface area contributed by atoms with Crippen molar-refractivity contribution in [3.63, 3.8) is 0 Å². The summed E-state index contributed by atoms with van der Waals surface area (Å²) in [5, 5.41) is 76.5. The molecule has 136 valence electrons. The molecule has 0 unspecified atom stereocenters. The molecule has 0 spiro atoms. The van der Waals surface area contributed by atoms with Crippen LogP contribution in [0.1, 0.15) is 0 Å². The highest BCUT2D eigenvalue weighted by atomic mass is 16.7. The van der Waals surface area contributed by atoms with E-state index in [2.05, 4.69) is 0 Å². The van der Waals surface area contributed by atoms with Crippen LogP contribution in [0.25, 0.3) is 0 Å². The second-order valence-corrected chi connectivity index (χ2v) is 5.58. The van der Waals surface area contributed by atoms with Crippen LogP contribution in [-0.2, 0) is 14.2 Å². The molecule has 9 atom stereocenters. The molecule has 23 heavy (non-hydrogen) atoms. The van der Waals surface area contributed by atoms with Crippen LogP contribution >= 0.6 is 0 Å². The number of aliphatic hydroxyl groups is 8. The Morgan fingerprint density at radius 3 is 2.00 bits per heavy atom. The van der Waals surface area contributed by atoms with Crippen LogP contribution < -0.4 is 0 Å². The summed E-state index contributed by atoms with van der Waals surface area (Å²) in [5.74, 6) is -2.37. The Kier molecular flexibility index (Phi) is 5.92. The summed E-state index contributed by atoms with van der Waals surface area (Å²) in [6.07, 6.45) is -12.2. The molecule has 2 aliphatic heterocycles. The normalized spacial score (nSPS) is 51.1. The standard InChI is InChI=1S/C12H22O11/c13-1-4-6(16)7(17)8(18)11(21-4)22-9-5(2-14)23-12(20,3-15)10(9)19/h4-11,13-20H,1-3H2/t4-,5+,6+,7-,8+,9+,10+,11-,12-/m1/s1. The Labute approximate surface area is 130 Å². The van der Waals surface area contributed by atoms with Gasteiger partial charge in [-0.1, -0.05) is 0 Å². The van der Waals surface area contributed by atoms with Gasteiger partial charge >= 0.3 is 0 Å². The van der Waals surface area contributed by atoms with E-state index in [0.717, 1.165) is 0 Å². The molecule has 0 amide bonds. The van der Waals surface area contributed by atoms with Gasteiger partial charge < -0.3 is 55.1 Å². The lowest BCUT2D eigenvalue weighted by Gasteiger charge is -2.41. The second-order valence-electron chi connectivity index (χ2n) is 5.58. The smallest absolute Gasteiger partial charge is 0.219 e. The Morgan fingerprint density at radius 1 is 0.870 bits per heavy atom. The van der Waals surface area contributed by atoms with Gasteiger partial charge in [0.25, 0.3) is 0 Å². The van der Waals surface area contributed by atoms with Crippen molar-refractivity contribution in [2.24, 2.45) is 0 Å². The van der Waals surface area contributed by atoms with Gasteiger partial charge in [0.1, 0.15) is 42.7 Å². The third-order valence-corrected chi connectivity index (χ3v) is 4.04. The second kappa shape index (κ2) is 7.21. The summed E-state index contributed by atoms with van der Waals surface area (Å²) in [4.78, 5) is 0. The quantitative estimate of drug-likeness (QED) is 0.238. The van der Waals surface area contributed by atoms with E-state index >= 15 is 0 Å². The first-order chi connectivity index (χ1) is 10.8. The molecule has 2 aliphatic rings. The number of hydrogen-bond donors (Lipinski definition) is 8. The van der Waals surface area contributed by atoms with Crippen LogP contribution in [-0.4, -0.2) is 115 Å². The predicted octanol–water partition coefficient (Wildman–Crippen LogP) is -5.40. The maximum Gasteiger partial charge on any atom is 0.219 e. The topological polar surface area (TPSA) is 190 Å². The SMILES string of the molecule is OC[C@@H]1O[C@](O)(CO)[C@@H](O)[C@H]1O[C@H]1O[C@H](CO)[C@H](O)[C@@H](O)[C@@H]1O. The molecule has 0 aliphatic carbocycles. The van der Waals surface area contributed by atoms with E-state index in [1.807, 2.05) is 0 Å². The first-order valence-corrected chi connectivity index (χ1v) is 7.05. The van der Waals surface area contributed by atoms with Gasteiger partial charge in [0.15, 0.2) is 6.29 Å². The maximum atomic E-state index is 10.00. The van der Waals surface area contributed by atoms with Crippen molar-refractivity contribution in [3.8, 4) is 0 Å². The molecular weight excluding hydrogens is 320 g/mol. The summed E-state index contributed by atoms with van der Waals surface area (Å²) >= 11 is 0. The highest BCUT2D eigenvalue weighted by Crippen LogP contribution is 2.33. The molecule has 0 aromatic carbocycles. The van der Waals surface area contributed by atoms with Crippen molar-refractivity contribution in [1.29, 1.82) is 0 Å². The fourth-order valence-electron chi connectivity index (χ4n) is 2.63. The fourth-order valence-corrected chi connectivity index (χ4v) is 2.63. The van der Waals surface area contributed by atoms with Gasteiger partial charge in [-0.3, -0.25) is 0 Å². The summed E-state index contributed by atoms with van der Waals surface area (Å²) in [6, 6.07) is 0. The van der Waals surface area contributed by atoms with Crippen molar-refractivity contribution in [3.05, 3.63) is 0 Å². The molecule has 2 rings (SSSR count). The van der Waals surface area contributed by atoms with E-state index in [0.29, 0.717) is 0 Å². The summed E-state index contributed by atoms with van der Waals surface area (Å²) in [6.45, 7) is -2.32. The van der Waals surface area contributed by atoms with Crippen LogP contribution in [0.3, 0.4) is 0 Å². The first kappa shape index (κ1) is 18.9. The van der Waals surface area contributed by atoms with E-state index in [4.69, 9.17) is 24.4 Å². The highest BCUT2D eigenvalue weighted by molar-refractivity contribution is 4.98. The Bertz CT molecular complexity index is 393. The van der Waals surface area contributed by atoms with Crippen LogP contribution in [0.2, 0.25) is 0 Å². The molecule has 11 heteroatoms. The highest BCUT2D eigenvalue weighted by Gasteiger charge is 2.56. The van der Waals surface area contributed by atoms with E-state index in [1.54, 1.807) is 0 Å². The van der Waals surface area contributed by atoms with Crippen LogP contribution in [0, 0.1) is 0 Å². The van der Waals surface area contributed by atoms with E-state index in [-0.39, 0.29) is 0 Å². The lowest BCUT2D eigenvalue weighted by Crippen LogP contribution is -2.60. The van der Waals surface area contributed by atoms with Crippen molar-refractivity contribution in [2.45, 2.75) is 54.8 Å². The largest absolute Gasteiger partial charge is 0.394 e. The van der Waals surface area contributed by atoms with Gasteiger partial charge in [0.05, 0.1) is 19.8 Å². The average Bonchev–Trinajstić information content (AvgIpc) is 2.80. The minimum absolute atomic E-state index is 0.668. The summed E-state index contributed by atoms with van der Waals surface area (Å²) < 4.78 is 15.3. The molecule has 0 saturated carbocycles. The Balaban J connectivity index is 2.13. The lowest BCUT2D eigenvalue weighted by molar-refractivity contribution is -0.318. The number of aliphatic hydroxyl groups excluding tert-OH is 7. The number of rotatable bonds is 5. The first-order valence-electron chi connectivity index (χ1n) is 7.05. The monoisotopic (exact) mass is 342 g/mol. The lowest BCUT2D eigenvalue weighted by atomic mass is 9.99. The van der Waals surface area contributed by atoms with Gasteiger partial charge in [0.2, 0.25) is 5.79 Å². The third-order valence-electron chi connectivity index (χ3n) is 4.04. The van der Waals surface area contributed by atoms with E-state index < -0.39 is 74.6 Å². The third kappa shape index (κ3) is 3.36. The molecule has 0 aromatic rings. The van der Waals surface area contributed by atoms with Crippen molar-refractivity contribution >= 4 is 0 Å². The molecule has 2 fully saturated rings. The molecule has 0 bridgehead atoms. The van der Waals surface area contributed by atoms with Crippen molar-refractivity contribution < 1.29 is 55.1 Å². The fraction of sp³-hybridized carbons (Fsp3) is 1.00. The van der Waals surface area contributed by atoms with Gasteiger partial charge in [0, 0.05) is 0 Å². The summed E-state index contributed by atoms with van der Waals surface area (Å²) in [5.41, 5.74) is 0. The number of ether oxygens (including phenoxy) is 3. The zero-order chi connectivity index (χ0) is 17.4. The molecule has 0 radical (unpaired) electrons. The Hall–Kier alpha value is -0.440. The average molecular weight is 342 g/mol. The summed E-state index contributed by atoms with van der Waals surface area (Å²) in [7, 11) is 0. The molecule has 8 N–H and O–H groups in total. The molecule has 2 heterocycles.